The molecule has 0 fully saturated rings. The summed E-state index contributed by atoms with van der Waals surface area (Å²) in [6.07, 6.45) is 57.5. The van der Waals surface area contributed by atoms with Crippen molar-refractivity contribution in [2.45, 2.75) is 380 Å². The lowest BCUT2D eigenvalue weighted by atomic mass is 9.99. The zero-order chi connectivity index (χ0) is 68.4. The molecule has 0 aromatic rings. The number of unbranched alkanes of at least 4 members (excludes halogenated alkanes) is 40. The summed E-state index contributed by atoms with van der Waals surface area (Å²) in [5, 5.41) is 10.6. The Morgan fingerprint density at radius 1 is 0.344 bits per heavy atom. The van der Waals surface area contributed by atoms with Crippen LogP contribution in [0.5, 0.6) is 0 Å². The Bertz CT molecular complexity index is 1880. The molecule has 0 aromatic carbocycles. The van der Waals surface area contributed by atoms with E-state index in [1.807, 2.05) is 0 Å². The first kappa shape index (κ1) is 90.5. The Kier molecular flexibility index (Phi) is 65.0. The van der Waals surface area contributed by atoms with Gasteiger partial charge in [0.05, 0.1) is 26.4 Å². The lowest BCUT2D eigenvalue weighted by Gasteiger charge is -2.21. The van der Waals surface area contributed by atoms with Crippen LogP contribution in [0, 0.1) is 5.92 Å². The maximum absolute atomic E-state index is 13.1. The first-order chi connectivity index (χ1) is 45.1. The molecule has 6 atom stereocenters. The van der Waals surface area contributed by atoms with Gasteiger partial charge in [0.25, 0.3) is 0 Å². The first-order valence-corrected chi connectivity index (χ1v) is 41.0. The van der Waals surface area contributed by atoms with E-state index in [-0.39, 0.29) is 25.7 Å². The van der Waals surface area contributed by atoms with E-state index < -0.39 is 97.5 Å². The molecule has 0 rings (SSSR count). The molecular formula is C74H140O17P2. The van der Waals surface area contributed by atoms with Gasteiger partial charge in [0.1, 0.15) is 19.3 Å². The lowest BCUT2D eigenvalue weighted by molar-refractivity contribution is -0.161. The van der Waals surface area contributed by atoms with Crippen molar-refractivity contribution in [3.05, 3.63) is 24.3 Å². The normalized spacial score (nSPS) is 14.5. The van der Waals surface area contributed by atoms with Crippen molar-refractivity contribution in [2.24, 2.45) is 5.92 Å². The molecule has 0 amide bonds. The van der Waals surface area contributed by atoms with Gasteiger partial charge in [-0.3, -0.25) is 37.3 Å². The summed E-state index contributed by atoms with van der Waals surface area (Å²) in [5.41, 5.74) is 0. The Labute approximate surface area is 567 Å². The second-order valence-electron chi connectivity index (χ2n) is 26.2. The van der Waals surface area contributed by atoms with E-state index in [4.69, 9.17) is 37.0 Å². The Balaban J connectivity index is 5.28. The van der Waals surface area contributed by atoms with Crippen LogP contribution in [-0.4, -0.2) is 96.7 Å². The molecule has 0 aliphatic carbocycles. The molecular weight excluding hydrogens is 1220 g/mol. The van der Waals surface area contributed by atoms with Crippen molar-refractivity contribution < 1.29 is 80.2 Å². The zero-order valence-electron chi connectivity index (χ0n) is 59.9. The third-order valence-corrected chi connectivity index (χ3v) is 18.9. The van der Waals surface area contributed by atoms with Crippen LogP contribution in [0.1, 0.15) is 362 Å². The minimum atomic E-state index is -4.96. The minimum absolute atomic E-state index is 0.101. The number of rotatable bonds is 72. The predicted octanol–water partition coefficient (Wildman–Crippen LogP) is 21.2. The highest BCUT2D eigenvalue weighted by Gasteiger charge is 2.30. The molecule has 19 heteroatoms. The predicted molar refractivity (Wildman–Crippen MR) is 377 cm³/mol. The minimum Gasteiger partial charge on any atom is -0.462 e. The van der Waals surface area contributed by atoms with Crippen molar-refractivity contribution in [1.29, 1.82) is 0 Å². The van der Waals surface area contributed by atoms with Gasteiger partial charge >= 0.3 is 39.5 Å². The van der Waals surface area contributed by atoms with Crippen LogP contribution in [0.2, 0.25) is 0 Å². The summed E-state index contributed by atoms with van der Waals surface area (Å²) in [4.78, 5) is 72.7. The number of hydrogen-bond acceptors (Lipinski definition) is 15. The average Bonchev–Trinajstić information content (AvgIpc) is 3.51. The first-order valence-electron chi connectivity index (χ1n) is 38.0. The standard InChI is InChI=1S/C74H140O17P2/c1-6-10-13-16-19-22-25-27-29-31-33-35-38-44-49-54-59-73(78)90-69(63-85-72(77)58-53-48-43-37-34-32-30-28-26-23-20-17-14-11-7-2)65-88-92(80,81)86-61-68(75)62-87-93(82,83)89-66-70(64-84-71(76)57-52-47-42-36-24-21-18-15-12-8-3)91-74(79)60-55-50-45-40-39-41-46-51-56-67(5)9-4/h23,26,28,30,67-70,75H,6-22,24-25,27,29,31-66H2,1-5H3,(H,80,81)(H,82,83)/b26-23-,30-28-/t67?,68-,69-,70-/m1/s1. The number of aliphatic hydroxyl groups excluding tert-OH is 1. The van der Waals surface area contributed by atoms with E-state index in [9.17, 15) is 43.2 Å². The third kappa shape index (κ3) is 66.6. The fraction of sp³-hybridized carbons (Fsp3) is 0.892. The number of phosphoric ester groups is 2. The molecule has 0 saturated carbocycles. The van der Waals surface area contributed by atoms with E-state index in [2.05, 4.69) is 58.9 Å². The van der Waals surface area contributed by atoms with E-state index in [0.717, 1.165) is 115 Å². The van der Waals surface area contributed by atoms with Crippen LogP contribution in [0.4, 0.5) is 0 Å². The quantitative estimate of drug-likeness (QED) is 0.0169. The average molecular weight is 1360 g/mol. The monoisotopic (exact) mass is 1360 g/mol. The number of phosphoric acid groups is 2. The van der Waals surface area contributed by atoms with Gasteiger partial charge in [0, 0.05) is 25.7 Å². The highest BCUT2D eigenvalue weighted by atomic mass is 31.2. The molecule has 0 bridgehead atoms. The fourth-order valence-corrected chi connectivity index (χ4v) is 12.4. The summed E-state index contributed by atoms with van der Waals surface area (Å²) in [6, 6.07) is 0. The number of esters is 4. The number of allylic oxidation sites excluding steroid dienone is 4. The molecule has 0 saturated heterocycles. The van der Waals surface area contributed by atoms with E-state index in [0.29, 0.717) is 25.7 Å². The number of aliphatic hydroxyl groups is 1. The smallest absolute Gasteiger partial charge is 0.462 e. The Hall–Kier alpha value is -2.46. The van der Waals surface area contributed by atoms with Crippen LogP contribution >= 0.6 is 15.6 Å². The topological polar surface area (TPSA) is 237 Å². The third-order valence-electron chi connectivity index (χ3n) is 17.0. The second kappa shape index (κ2) is 66.8. The molecule has 548 valence electrons. The molecule has 0 radical (unpaired) electrons. The molecule has 93 heavy (non-hydrogen) atoms. The van der Waals surface area contributed by atoms with Crippen molar-refractivity contribution in [3.8, 4) is 0 Å². The number of hydrogen-bond donors (Lipinski definition) is 3. The summed E-state index contributed by atoms with van der Waals surface area (Å²) in [7, 11) is -9.92. The largest absolute Gasteiger partial charge is 0.472 e. The fourth-order valence-electron chi connectivity index (χ4n) is 10.8. The van der Waals surface area contributed by atoms with Crippen molar-refractivity contribution >= 4 is 39.5 Å². The van der Waals surface area contributed by atoms with Gasteiger partial charge in [-0.1, -0.05) is 309 Å². The van der Waals surface area contributed by atoms with E-state index in [1.165, 1.54) is 167 Å². The van der Waals surface area contributed by atoms with Crippen LogP contribution in [0.15, 0.2) is 24.3 Å². The van der Waals surface area contributed by atoms with E-state index in [1.54, 1.807) is 0 Å². The number of carbonyl (C=O) groups excluding carboxylic acids is 4. The number of carbonyl (C=O) groups is 4. The summed E-state index contributed by atoms with van der Waals surface area (Å²) in [5.74, 6) is -1.38. The highest BCUT2D eigenvalue weighted by molar-refractivity contribution is 7.47. The summed E-state index contributed by atoms with van der Waals surface area (Å²) < 4.78 is 68.4. The zero-order valence-corrected chi connectivity index (χ0v) is 61.7. The van der Waals surface area contributed by atoms with Crippen LogP contribution < -0.4 is 0 Å². The van der Waals surface area contributed by atoms with Gasteiger partial charge in [0.2, 0.25) is 0 Å². The molecule has 3 N–H and O–H groups in total. The van der Waals surface area contributed by atoms with Crippen molar-refractivity contribution in [3.63, 3.8) is 0 Å². The maximum Gasteiger partial charge on any atom is 0.472 e. The SMILES string of the molecule is CCCCCC/C=C\C=C/CCCCCCCC(=O)OC[C@H](COP(=O)(O)OC[C@@H](O)COP(=O)(O)OC[C@@H](COC(=O)CCCCCCCCCCCC)OC(=O)CCCCCCCCCCC(C)CC)OC(=O)CCCCCCCCCCCCCCCCCC. The van der Waals surface area contributed by atoms with Gasteiger partial charge in [-0.2, -0.15) is 0 Å². The van der Waals surface area contributed by atoms with Crippen molar-refractivity contribution in [1.82, 2.24) is 0 Å². The maximum atomic E-state index is 13.1. The van der Waals surface area contributed by atoms with Gasteiger partial charge in [-0.25, -0.2) is 9.13 Å². The molecule has 3 unspecified atom stereocenters. The van der Waals surface area contributed by atoms with Gasteiger partial charge < -0.3 is 33.8 Å². The van der Waals surface area contributed by atoms with Gasteiger partial charge in [0.15, 0.2) is 12.2 Å². The Morgan fingerprint density at radius 3 is 0.914 bits per heavy atom. The molecule has 0 aliphatic heterocycles. The molecule has 0 heterocycles. The van der Waals surface area contributed by atoms with Crippen LogP contribution in [0.25, 0.3) is 0 Å². The van der Waals surface area contributed by atoms with Crippen LogP contribution in [-0.2, 0) is 65.4 Å². The van der Waals surface area contributed by atoms with Gasteiger partial charge in [-0.05, 0) is 57.3 Å². The number of ether oxygens (including phenoxy) is 4. The molecule has 0 spiro atoms. The van der Waals surface area contributed by atoms with Gasteiger partial charge in [-0.15, -0.1) is 0 Å². The Morgan fingerprint density at radius 2 is 0.602 bits per heavy atom. The summed E-state index contributed by atoms with van der Waals surface area (Å²) >= 11 is 0. The van der Waals surface area contributed by atoms with Crippen molar-refractivity contribution in [2.75, 3.05) is 39.6 Å². The second-order valence-corrected chi connectivity index (χ2v) is 29.1. The van der Waals surface area contributed by atoms with Crippen LogP contribution in [0.3, 0.4) is 0 Å². The summed E-state index contributed by atoms with van der Waals surface area (Å²) in [6.45, 7) is 7.20. The molecule has 0 aliphatic rings. The molecule has 0 aromatic heterocycles. The van der Waals surface area contributed by atoms with E-state index >= 15 is 0 Å². The molecule has 17 nitrogen and oxygen atoms in total. The lowest BCUT2D eigenvalue weighted by Crippen LogP contribution is -2.30. The highest BCUT2D eigenvalue weighted by Crippen LogP contribution is 2.45.